The summed E-state index contributed by atoms with van der Waals surface area (Å²) in [6, 6.07) is 7.40. The Kier molecular flexibility index (Phi) is 8.48. The van der Waals surface area contributed by atoms with Crippen LogP contribution in [0.5, 0.6) is 0 Å². The monoisotopic (exact) mass is 389 g/mol. The molecule has 2 amide bonds. The minimum atomic E-state index is -0.584. The quantitative estimate of drug-likeness (QED) is 0.494. The number of para-hydroxylation sites is 1. The highest BCUT2D eigenvalue weighted by Gasteiger charge is 2.19. The number of anilines is 1. The van der Waals surface area contributed by atoms with Gasteiger partial charge in [-0.15, -0.1) is 0 Å². The average molecular weight is 389 g/mol. The molecule has 1 aromatic heterocycles. The molecule has 28 heavy (non-hydrogen) atoms. The lowest BCUT2D eigenvalue weighted by Crippen LogP contribution is -2.36. The van der Waals surface area contributed by atoms with Gasteiger partial charge in [0.25, 0.3) is 0 Å². The second-order valence-electron chi connectivity index (χ2n) is 6.03. The van der Waals surface area contributed by atoms with E-state index < -0.39 is 5.97 Å². The summed E-state index contributed by atoms with van der Waals surface area (Å²) in [5, 5.41) is 2.95. The van der Waals surface area contributed by atoms with Crippen LogP contribution < -0.4 is 5.32 Å². The average Bonchev–Trinajstić information content (AvgIpc) is 3.18. The molecule has 0 aliphatic rings. The van der Waals surface area contributed by atoms with Crippen LogP contribution in [0.3, 0.4) is 0 Å². The summed E-state index contributed by atoms with van der Waals surface area (Å²) < 4.78 is 15.3. The molecule has 0 saturated heterocycles. The standard InChI is InChI=1S/C20H27N3O5/c1-4-15-9-6-7-10-16(15)22-20(25)23(11-8-12-27-5-2)13-18-21-17(14-28-18)19(24)26-3/h6-7,9-10,14H,4-5,8,11-13H2,1-3H3,(H,22,25). The predicted octanol–water partition coefficient (Wildman–Crippen LogP) is 3.48. The van der Waals surface area contributed by atoms with Crippen molar-refractivity contribution in [2.45, 2.75) is 33.2 Å². The lowest BCUT2D eigenvalue weighted by Gasteiger charge is -2.22. The molecule has 0 spiro atoms. The first kappa shape index (κ1) is 21.4. The van der Waals surface area contributed by atoms with Gasteiger partial charge < -0.3 is 24.1 Å². The predicted molar refractivity (Wildman–Crippen MR) is 104 cm³/mol. The maximum Gasteiger partial charge on any atom is 0.360 e. The molecule has 8 nitrogen and oxygen atoms in total. The molecule has 0 aliphatic carbocycles. The van der Waals surface area contributed by atoms with E-state index in [1.165, 1.54) is 13.4 Å². The number of hydrogen-bond acceptors (Lipinski definition) is 6. The highest BCUT2D eigenvalue weighted by Crippen LogP contribution is 2.17. The van der Waals surface area contributed by atoms with Gasteiger partial charge in [-0.1, -0.05) is 25.1 Å². The van der Waals surface area contributed by atoms with Gasteiger partial charge in [0.05, 0.1) is 13.7 Å². The smallest absolute Gasteiger partial charge is 0.360 e. The van der Waals surface area contributed by atoms with Crippen molar-refractivity contribution in [3.8, 4) is 0 Å². The number of ether oxygens (including phenoxy) is 2. The summed E-state index contributed by atoms with van der Waals surface area (Å²) >= 11 is 0. The number of amides is 2. The summed E-state index contributed by atoms with van der Waals surface area (Å²) in [5.74, 6) is -0.324. The first-order valence-corrected chi connectivity index (χ1v) is 9.33. The number of carbonyl (C=O) groups is 2. The van der Waals surface area contributed by atoms with Crippen molar-refractivity contribution in [3.63, 3.8) is 0 Å². The van der Waals surface area contributed by atoms with Crippen molar-refractivity contribution in [2.75, 3.05) is 32.2 Å². The van der Waals surface area contributed by atoms with Gasteiger partial charge in [0, 0.05) is 25.4 Å². The van der Waals surface area contributed by atoms with E-state index in [1.807, 2.05) is 38.1 Å². The van der Waals surface area contributed by atoms with Crippen LogP contribution in [0.25, 0.3) is 0 Å². The van der Waals surface area contributed by atoms with Gasteiger partial charge >= 0.3 is 12.0 Å². The number of hydrogen-bond donors (Lipinski definition) is 1. The van der Waals surface area contributed by atoms with Crippen LogP contribution in [-0.4, -0.2) is 48.8 Å². The van der Waals surface area contributed by atoms with E-state index >= 15 is 0 Å². The zero-order valence-corrected chi connectivity index (χ0v) is 16.6. The number of benzene rings is 1. The Morgan fingerprint density at radius 3 is 2.75 bits per heavy atom. The number of urea groups is 1. The van der Waals surface area contributed by atoms with Crippen molar-refractivity contribution in [2.24, 2.45) is 0 Å². The maximum absolute atomic E-state index is 12.9. The van der Waals surface area contributed by atoms with Gasteiger partial charge in [-0.05, 0) is 31.4 Å². The molecule has 2 rings (SSSR count). The molecule has 0 fully saturated rings. The number of nitrogens with one attached hydrogen (secondary N) is 1. The Labute approximate surface area is 164 Å². The summed E-state index contributed by atoms with van der Waals surface area (Å²) in [4.78, 5) is 30.1. The van der Waals surface area contributed by atoms with Crippen LogP contribution in [0.4, 0.5) is 10.5 Å². The molecule has 0 radical (unpaired) electrons. The van der Waals surface area contributed by atoms with E-state index in [0.717, 1.165) is 17.7 Å². The SMILES string of the molecule is CCOCCCN(Cc1nc(C(=O)OC)co1)C(=O)Nc1ccccc1CC. The largest absolute Gasteiger partial charge is 0.464 e. The Bertz CT molecular complexity index is 775. The molecular formula is C20H27N3O5. The Balaban J connectivity index is 2.10. The third-order valence-corrected chi connectivity index (χ3v) is 4.12. The highest BCUT2D eigenvalue weighted by atomic mass is 16.5. The minimum absolute atomic E-state index is 0.0727. The molecule has 0 atom stereocenters. The second kappa shape index (κ2) is 11.1. The van der Waals surface area contributed by atoms with Crippen LogP contribution in [0, 0.1) is 0 Å². The molecule has 1 N–H and O–H groups in total. The fraction of sp³-hybridized carbons (Fsp3) is 0.450. The molecule has 8 heteroatoms. The van der Waals surface area contributed by atoms with Crippen molar-refractivity contribution < 1.29 is 23.5 Å². The maximum atomic E-state index is 12.9. The highest BCUT2D eigenvalue weighted by molar-refractivity contribution is 5.90. The van der Waals surface area contributed by atoms with Crippen molar-refractivity contribution >= 4 is 17.7 Å². The van der Waals surface area contributed by atoms with Crippen LogP contribution in [0.2, 0.25) is 0 Å². The third kappa shape index (κ3) is 6.09. The van der Waals surface area contributed by atoms with Gasteiger partial charge in [-0.2, -0.15) is 0 Å². The lowest BCUT2D eigenvalue weighted by molar-refractivity contribution is 0.0594. The zero-order chi connectivity index (χ0) is 20.4. The fourth-order valence-corrected chi connectivity index (χ4v) is 2.64. The van der Waals surface area contributed by atoms with E-state index in [2.05, 4.69) is 15.0 Å². The summed E-state index contributed by atoms with van der Waals surface area (Å²) in [5.41, 5.74) is 1.89. The first-order chi connectivity index (χ1) is 13.6. The molecule has 2 aromatic rings. The van der Waals surface area contributed by atoms with Crippen LogP contribution in [-0.2, 0) is 22.4 Å². The first-order valence-electron chi connectivity index (χ1n) is 9.33. The van der Waals surface area contributed by atoms with Crippen molar-refractivity contribution in [1.29, 1.82) is 0 Å². The number of nitrogens with zero attached hydrogens (tertiary/aromatic N) is 2. The minimum Gasteiger partial charge on any atom is -0.464 e. The molecule has 0 unspecified atom stereocenters. The van der Waals surface area contributed by atoms with Gasteiger partial charge in [-0.25, -0.2) is 14.6 Å². The van der Waals surface area contributed by atoms with E-state index in [4.69, 9.17) is 9.15 Å². The molecule has 0 saturated carbocycles. The van der Waals surface area contributed by atoms with E-state index in [-0.39, 0.29) is 24.2 Å². The fourth-order valence-electron chi connectivity index (χ4n) is 2.64. The molecule has 1 heterocycles. The topological polar surface area (TPSA) is 93.9 Å². The van der Waals surface area contributed by atoms with Crippen LogP contribution >= 0.6 is 0 Å². The third-order valence-electron chi connectivity index (χ3n) is 4.12. The zero-order valence-electron chi connectivity index (χ0n) is 16.6. The van der Waals surface area contributed by atoms with Gasteiger partial charge in [-0.3, -0.25) is 0 Å². The number of carbonyl (C=O) groups excluding carboxylic acids is 2. The van der Waals surface area contributed by atoms with Crippen LogP contribution in [0.1, 0.15) is 42.2 Å². The van der Waals surface area contributed by atoms with E-state index in [0.29, 0.717) is 26.2 Å². The number of rotatable bonds is 10. The number of oxazole rings is 1. The number of aryl methyl sites for hydroxylation is 1. The summed E-state index contributed by atoms with van der Waals surface area (Å²) in [6.45, 7) is 5.71. The molecule has 0 bridgehead atoms. The van der Waals surface area contributed by atoms with E-state index in [1.54, 1.807) is 4.90 Å². The Hall–Kier alpha value is -2.87. The van der Waals surface area contributed by atoms with Crippen LogP contribution in [0.15, 0.2) is 34.9 Å². The molecule has 152 valence electrons. The molecule has 1 aromatic carbocycles. The molecular weight excluding hydrogens is 362 g/mol. The second-order valence-corrected chi connectivity index (χ2v) is 6.03. The lowest BCUT2D eigenvalue weighted by atomic mass is 10.1. The summed E-state index contributed by atoms with van der Waals surface area (Å²) in [7, 11) is 1.27. The van der Waals surface area contributed by atoms with Crippen molar-refractivity contribution in [3.05, 3.63) is 47.7 Å². The van der Waals surface area contributed by atoms with E-state index in [9.17, 15) is 9.59 Å². The van der Waals surface area contributed by atoms with Gasteiger partial charge in [0.2, 0.25) is 5.89 Å². The van der Waals surface area contributed by atoms with Gasteiger partial charge in [0.1, 0.15) is 6.26 Å². The van der Waals surface area contributed by atoms with Crippen molar-refractivity contribution in [1.82, 2.24) is 9.88 Å². The Morgan fingerprint density at radius 1 is 1.25 bits per heavy atom. The molecule has 0 aliphatic heterocycles. The van der Waals surface area contributed by atoms with Gasteiger partial charge in [0.15, 0.2) is 5.69 Å². The number of methoxy groups -OCH3 is 1. The number of esters is 1. The normalized spacial score (nSPS) is 10.5. The Morgan fingerprint density at radius 2 is 2.04 bits per heavy atom. The number of aromatic nitrogens is 1. The summed E-state index contributed by atoms with van der Waals surface area (Å²) in [6.07, 6.45) is 2.70.